The maximum Gasteiger partial charge on any atom is 0.119 e. The van der Waals surface area contributed by atoms with Crippen LogP contribution >= 0.6 is 0 Å². The van der Waals surface area contributed by atoms with Crippen molar-refractivity contribution in [2.45, 2.75) is 50.4 Å². The third-order valence-electron chi connectivity index (χ3n) is 4.38. The average molecular weight is 279 g/mol. The number of aliphatic hydroxyl groups is 2. The Morgan fingerprint density at radius 3 is 2.65 bits per heavy atom. The summed E-state index contributed by atoms with van der Waals surface area (Å²) in [5.74, 6) is 0.593. The molecule has 0 saturated heterocycles. The van der Waals surface area contributed by atoms with Gasteiger partial charge in [-0.3, -0.25) is 0 Å². The van der Waals surface area contributed by atoms with Crippen LogP contribution in [0, 0.1) is 5.92 Å². The minimum Gasteiger partial charge on any atom is -0.497 e. The second-order valence-corrected chi connectivity index (χ2v) is 6.47. The maximum absolute atomic E-state index is 11.2. The first-order valence-corrected chi connectivity index (χ1v) is 7.11. The molecule has 4 heteroatoms. The average Bonchev–Trinajstić information content (AvgIpc) is 2.37. The lowest BCUT2D eigenvalue weighted by atomic mass is 9.64. The molecule has 0 bridgehead atoms. The third-order valence-corrected chi connectivity index (χ3v) is 4.38. The fourth-order valence-electron chi connectivity index (χ4n) is 3.40. The van der Waals surface area contributed by atoms with E-state index in [9.17, 15) is 10.2 Å². The number of benzene rings is 1. The summed E-state index contributed by atoms with van der Waals surface area (Å²) in [6.45, 7) is 3.86. The topological polar surface area (TPSA) is 75.7 Å². The summed E-state index contributed by atoms with van der Waals surface area (Å²) in [6, 6.07) is 7.40. The largest absolute Gasteiger partial charge is 0.497 e. The van der Waals surface area contributed by atoms with Crippen molar-refractivity contribution in [2.75, 3.05) is 7.11 Å². The van der Waals surface area contributed by atoms with Gasteiger partial charge in [0.15, 0.2) is 0 Å². The highest BCUT2D eigenvalue weighted by molar-refractivity contribution is 5.34. The van der Waals surface area contributed by atoms with Crippen LogP contribution in [-0.2, 0) is 5.60 Å². The molecule has 4 N–H and O–H groups in total. The normalized spacial score (nSPS) is 31.1. The van der Waals surface area contributed by atoms with Gasteiger partial charge in [0, 0.05) is 17.9 Å². The van der Waals surface area contributed by atoms with E-state index in [-0.39, 0.29) is 5.92 Å². The summed E-state index contributed by atoms with van der Waals surface area (Å²) in [4.78, 5) is 0. The number of hydrogen-bond acceptors (Lipinski definition) is 4. The van der Waals surface area contributed by atoms with Gasteiger partial charge in [-0.1, -0.05) is 12.1 Å². The van der Waals surface area contributed by atoms with Gasteiger partial charge in [-0.05, 0) is 44.4 Å². The second-order valence-electron chi connectivity index (χ2n) is 6.47. The van der Waals surface area contributed by atoms with Crippen LogP contribution < -0.4 is 10.5 Å². The van der Waals surface area contributed by atoms with Crippen LogP contribution in [0.5, 0.6) is 5.75 Å². The fourth-order valence-corrected chi connectivity index (χ4v) is 3.40. The Morgan fingerprint density at radius 2 is 2.05 bits per heavy atom. The van der Waals surface area contributed by atoms with Crippen molar-refractivity contribution in [3.05, 3.63) is 29.8 Å². The van der Waals surface area contributed by atoms with Crippen LogP contribution in [0.15, 0.2) is 24.3 Å². The number of rotatable bonds is 3. The van der Waals surface area contributed by atoms with E-state index in [1.54, 1.807) is 7.11 Å². The smallest absolute Gasteiger partial charge is 0.119 e. The number of ether oxygens (including phenoxy) is 1. The quantitative estimate of drug-likeness (QED) is 0.788. The Morgan fingerprint density at radius 1 is 1.35 bits per heavy atom. The van der Waals surface area contributed by atoms with Crippen molar-refractivity contribution in [1.29, 1.82) is 0 Å². The Labute approximate surface area is 120 Å². The highest BCUT2D eigenvalue weighted by Crippen LogP contribution is 2.46. The van der Waals surface area contributed by atoms with Crippen molar-refractivity contribution in [3.63, 3.8) is 0 Å². The summed E-state index contributed by atoms with van der Waals surface area (Å²) in [5.41, 5.74) is 5.39. The molecule has 1 aliphatic carbocycles. The molecule has 3 atom stereocenters. The van der Waals surface area contributed by atoms with Crippen LogP contribution in [-0.4, -0.2) is 29.0 Å². The molecule has 0 unspecified atom stereocenters. The summed E-state index contributed by atoms with van der Waals surface area (Å²) >= 11 is 0. The van der Waals surface area contributed by atoms with Crippen molar-refractivity contribution in [2.24, 2.45) is 11.7 Å². The molecule has 0 amide bonds. The molecular weight excluding hydrogens is 254 g/mol. The highest BCUT2D eigenvalue weighted by atomic mass is 16.5. The predicted octanol–water partition coefficient (Wildman–Crippen LogP) is 1.78. The molecule has 0 aromatic heterocycles. The minimum absolute atomic E-state index is 0.106. The van der Waals surface area contributed by atoms with Crippen molar-refractivity contribution < 1.29 is 14.9 Å². The summed E-state index contributed by atoms with van der Waals surface area (Å²) in [6.07, 6.45) is 1.20. The summed E-state index contributed by atoms with van der Waals surface area (Å²) < 4.78 is 5.23. The number of hydrogen-bond donors (Lipinski definition) is 3. The molecule has 1 aromatic rings. The van der Waals surface area contributed by atoms with Gasteiger partial charge in [0.1, 0.15) is 5.75 Å². The van der Waals surface area contributed by atoms with Gasteiger partial charge < -0.3 is 20.7 Å². The molecule has 4 nitrogen and oxygen atoms in total. The monoisotopic (exact) mass is 279 g/mol. The van der Waals surface area contributed by atoms with E-state index >= 15 is 0 Å². The van der Waals surface area contributed by atoms with Gasteiger partial charge in [-0.2, -0.15) is 0 Å². The zero-order valence-electron chi connectivity index (χ0n) is 12.5. The first kappa shape index (κ1) is 15.3. The van der Waals surface area contributed by atoms with E-state index < -0.39 is 17.2 Å². The van der Waals surface area contributed by atoms with Gasteiger partial charge >= 0.3 is 0 Å². The fraction of sp³-hybridized carbons (Fsp3) is 0.625. The van der Waals surface area contributed by atoms with E-state index in [0.29, 0.717) is 25.0 Å². The lowest BCUT2D eigenvalue weighted by molar-refractivity contribution is -0.113. The second kappa shape index (κ2) is 5.35. The Kier molecular flexibility index (Phi) is 4.09. The maximum atomic E-state index is 11.2. The molecule has 20 heavy (non-hydrogen) atoms. The highest BCUT2D eigenvalue weighted by Gasteiger charge is 2.48. The van der Waals surface area contributed by atoms with E-state index in [2.05, 4.69) is 0 Å². The number of nitrogens with two attached hydrogens (primary N) is 1. The van der Waals surface area contributed by atoms with Gasteiger partial charge in [0.25, 0.3) is 0 Å². The zero-order chi connectivity index (χ0) is 15.0. The van der Waals surface area contributed by atoms with Gasteiger partial charge in [0.2, 0.25) is 0 Å². The standard InChI is InChI=1S/C16H25NO3/c1-15(2,17)14-8-7-12(18)10-16(14,19)11-5-4-6-13(9-11)20-3/h4-6,9,12,14,18-19H,7-8,10,17H2,1-3H3/t12-,14+,16+/m0/s1. The molecule has 1 fully saturated rings. The first-order valence-electron chi connectivity index (χ1n) is 7.11. The van der Waals surface area contributed by atoms with Crippen LogP contribution in [0.1, 0.15) is 38.7 Å². The molecule has 0 aliphatic heterocycles. The van der Waals surface area contributed by atoms with Crippen molar-refractivity contribution in [1.82, 2.24) is 0 Å². The Hall–Kier alpha value is -1.10. The van der Waals surface area contributed by atoms with Crippen LogP contribution in [0.2, 0.25) is 0 Å². The number of methoxy groups -OCH3 is 1. The van der Waals surface area contributed by atoms with E-state index in [0.717, 1.165) is 5.56 Å². The third kappa shape index (κ3) is 2.82. The van der Waals surface area contributed by atoms with Crippen LogP contribution in [0.25, 0.3) is 0 Å². The lowest BCUT2D eigenvalue weighted by Crippen LogP contribution is -2.55. The molecule has 1 aromatic carbocycles. The lowest BCUT2D eigenvalue weighted by Gasteiger charge is -2.48. The predicted molar refractivity (Wildman–Crippen MR) is 78.5 cm³/mol. The van der Waals surface area contributed by atoms with Crippen molar-refractivity contribution in [3.8, 4) is 5.75 Å². The summed E-state index contributed by atoms with van der Waals surface area (Å²) in [5, 5.41) is 21.2. The molecule has 0 radical (unpaired) electrons. The summed E-state index contributed by atoms with van der Waals surface area (Å²) in [7, 11) is 1.60. The Balaban J connectivity index is 2.45. The van der Waals surface area contributed by atoms with Gasteiger partial charge in [0.05, 0.1) is 18.8 Å². The van der Waals surface area contributed by atoms with E-state index in [1.807, 2.05) is 38.1 Å². The SMILES string of the molecule is COc1cccc([C@]2(O)C[C@@H](O)CC[C@@H]2C(C)(C)N)c1. The van der Waals surface area contributed by atoms with Crippen molar-refractivity contribution >= 4 is 0 Å². The van der Waals surface area contributed by atoms with Crippen LogP contribution in [0.4, 0.5) is 0 Å². The number of aliphatic hydroxyl groups excluding tert-OH is 1. The molecular formula is C16H25NO3. The molecule has 2 rings (SSSR count). The first-order chi connectivity index (χ1) is 9.27. The van der Waals surface area contributed by atoms with Crippen LogP contribution in [0.3, 0.4) is 0 Å². The Bertz CT molecular complexity index is 469. The zero-order valence-corrected chi connectivity index (χ0v) is 12.5. The molecule has 1 saturated carbocycles. The van der Waals surface area contributed by atoms with E-state index in [1.165, 1.54) is 0 Å². The van der Waals surface area contributed by atoms with Gasteiger partial charge in [-0.15, -0.1) is 0 Å². The molecule has 0 spiro atoms. The van der Waals surface area contributed by atoms with Gasteiger partial charge in [-0.25, -0.2) is 0 Å². The van der Waals surface area contributed by atoms with E-state index in [4.69, 9.17) is 10.5 Å². The molecule has 112 valence electrons. The molecule has 0 heterocycles. The molecule has 1 aliphatic rings. The minimum atomic E-state index is -1.12.